The number of nitrogens with one attached hydrogen (secondary N) is 2. The van der Waals surface area contributed by atoms with Crippen LogP contribution in [0.3, 0.4) is 0 Å². The molecule has 0 amide bonds. The van der Waals surface area contributed by atoms with Gasteiger partial charge in [-0.25, -0.2) is 0 Å². The van der Waals surface area contributed by atoms with Gasteiger partial charge in [0.05, 0.1) is 62.7 Å². The number of carboxylic acid groups (broad SMARTS) is 4. The van der Waals surface area contributed by atoms with Gasteiger partial charge in [-0.3, -0.25) is 14.6 Å². The number of thiol groups is 4. The number of carbonyl (C=O) groups excluding carboxylic acids is 3. The first-order chi connectivity index (χ1) is 33.8. The molecule has 0 aromatic carbocycles. The summed E-state index contributed by atoms with van der Waals surface area (Å²) in [5.74, 6) is -5.15. The average Bonchev–Trinajstić information content (AvgIpc) is 3.37. The molecule has 20 unspecified atom stereocenters. The summed E-state index contributed by atoms with van der Waals surface area (Å²) >= 11 is 14.9. The molecule has 20 atom stereocenters. The van der Waals surface area contributed by atoms with Gasteiger partial charge in [0.1, 0.15) is 97.5 Å². The molecule has 76 heavy (non-hydrogen) atoms. The van der Waals surface area contributed by atoms with Crippen LogP contribution in [0, 0.1) is 0 Å². The largest absolute Gasteiger partial charge is 1.00 e. The summed E-state index contributed by atoms with van der Waals surface area (Å²) in [5, 5.41) is 223. The van der Waals surface area contributed by atoms with Crippen molar-refractivity contribution in [2.75, 3.05) is 62.5 Å². The van der Waals surface area contributed by atoms with Crippen LogP contribution in [0.4, 0.5) is 0 Å². The van der Waals surface area contributed by atoms with Crippen molar-refractivity contribution < 1.29 is 207 Å². The van der Waals surface area contributed by atoms with E-state index in [2.05, 4.69) is 66.1 Å². The van der Waals surface area contributed by atoms with E-state index in [1.54, 1.807) is 0 Å². The zero-order chi connectivity index (χ0) is 58.5. The van der Waals surface area contributed by atoms with Gasteiger partial charge in [0.25, 0.3) is 0 Å². The van der Waals surface area contributed by atoms with Crippen molar-refractivity contribution in [1.29, 1.82) is 0 Å². The summed E-state index contributed by atoms with van der Waals surface area (Å²) in [5.41, 5.74) is 4.94. The van der Waals surface area contributed by atoms with Crippen LogP contribution in [0.25, 0.3) is 0 Å². The molecule has 0 bridgehead atoms. The quantitative estimate of drug-likeness (QED) is 0.0126. The molecule has 0 aliphatic heterocycles. The van der Waals surface area contributed by atoms with Gasteiger partial charge in [0.15, 0.2) is 6.29 Å². The summed E-state index contributed by atoms with van der Waals surface area (Å²) < 4.78 is 0. The van der Waals surface area contributed by atoms with Crippen molar-refractivity contribution in [3.8, 4) is 0 Å². The van der Waals surface area contributed by atoms with Crippen LogP contribution < -0.4 is 85.7 Å². The summed E-state index contributed by atoms with van der Waals surface area (Å²) in [6.07, 6.45) is -26.2. The number of carbonyl (C=O) groups is 5. The van der Waals surface area contributed by atoms with E-state index in [1.165, 1.54) is 0 Å². The van der Waals surface area contributed by atoms with Gasteiger partial charge in [-0.15, -0.1) is 0 Å². The minimum Gasteiger partial charge on any atom is -0.548 e. The summed E-state index contributed by atoms with van der Waals surface area (Å²) in [7, 11) is 0. The van der Waals surface area contributed by atoms with Crippen LogP contribution in [-0.2, 0) is 24.0 Å². The topological polar surface area (TPSA) is 639 Å². The molecule has 0 aliphatic carbocycles. The maximum absolute atomic E-state index is 10.6. The van der Waals surface area contributed by atoms with Crippen LogP contribution in [0.5, 0.6) is 0 Å². The first-order valence-electron chi connectivity index (χ1n) is 20.6. The molecular weight excluding hydrogens is 1140 g/mol. The molecule has 0 radical (unpaired) electrons. The molecule has 0 aliphatic rings. The van der Waals surface area contributed by atoms with Crippen molar-refractivity contribution in [2.45, 2.75) is 129 Å². The second-order valence-electron chi connectivity index (χ2n) is 14.6. The fourth-order valence-electron chi connectivity index (χ4n) is 4.04. The summed E-state index contributed by atoms with van der Waals surface area (Å²) in [6.45, 7) is -3.78. The van der Waals surface area contributed by atoms with Gasteiger partial charge < -0.3 is 153 Å². The number of nitrogens with two attached hydrogens (primary N) is 1. The SMILES string of the molecule is C.NC(CS)C(=O)O.O=C(O)C(CS)NCC(O)C(O)C(O)C(O)CO.O=C([O-])C(CS)N=CC(O)C(O)C(O)C(O)CO.O=C([O-])C(CS)NCC(O)C(O)C(O)C(O)CO.O=CC(O)C(O)C(O)C(O)CO.[H+].[Na+].[Na+]. The van der Waals surface area contributed by atoms with Crippen molar-refractivity contribution in [2.24, 2.45) is 10.7 Å². The Morgan fingerprint density at radius 1 is 0.487 bits per heavy atom. The monoisotopic (exact) mass is 1220 g/mol. The Bertz CT molecular complexity index is 1450. The Kier molecular flexibility index (Phi) is 65.5. The maximum Gasteiger partial charge on any atom is 1.00 e. The number of aliphatic carboxylic acids is 4. The van der Waals surface area contributed by atoms with E-state index in [1.807, 2.05) is 0 Å². The second-order valence-corrected chi connectivity index (χ2v) is 16.0. The number of carboxylic acids is 4. The molecular formula is C37H77N4Na2O29S4+. The van der Waals surface area contributed by atoms with E-state index in [0.717, 1.165) is 0 Å². The first kappa shape index (κ1) is 92.2. The van der Waals surface area contributed by atoms with Crippen molar-refractivity contribution >= 4 is 86.9 Å². The second kappa shape index (κ2) is 54.0. The van der Waals surface area contributed by atoms with E-state index in [-0.39, 0.29) is 110 Å². The number of hydrogen-bond acceptors (Lipinski definition) is 35. The molecule has 0 fully saturated rings. The van der Waals surface area contributed by atoms with Gasteiger partial charge in [-0.05, 0) is 0 Å². The van der Waals surface area contributed by atoms with Crippen LogP contribution in [0.2, 0.25) is 0 Å². The van der Waals surface area contributed by atoms with Crippen molar-refractivity contribution in [1.82, 2.24) is 10.6 Å². The van der Waals surface area contributed by atoms with E-state index in [0.29, 0.717) is 6.21 Å². The maximum atomic E-state index is 10.6. The Hall–Kier alpha value is -0.300. The van der Waals surface area contributed by atoms with E-state index < -0.39 is 172 Å². The number of aldehydes is 1. The van der Waals surface area contributed by atoms with Crippen molar-refractivity contribution in [3.63, 3.8) is 0 Å². The Morgan fingerprint density at radius 2 is 0.789 bits per heavy atom. The Balaban J connectivity index is -0.000000109. The molecule has 0 heterocycles. The van der Waals surface area contributed by atoms with Gasteiger partial charge in [-0.2, -0.15) is 50.5 Å². The third-order valence-electron chi connectivity index (χ3n) is 8.82. The van der Waals surface area contributed by atoms with Crippen LogP contribution in [-0.4, -0.2) is 333 Å². The van der Waals surface area contributed by atoms with Crippen LogP contribution in [0.15, 0.2) is 4.99 Å². The number of rotatable bonds is 33. The molecule has 0 aromatic heterocycles. The van der Waals surface area contributed by atoms with Crippen LogP contribution in [0.1, 0.15) is 8.85 Å². The number of aliphatic hydroxyl groups excluding tert-OH is 20. The van der Waals surface area contributed by atoms with E-state index in [9.17, 15) is 80.1 Å². The molecule has 444 valence electrons. The molecule has 0 spiro atoms. The molecule has 26 N–H and O–H groups in total. The minimum absolute atomic E-state index is 0. The van der Waals surface area contributed by atoms with E-state index >= 15 is 0 Å². The standard InChI is InChI=1S/2C9H19NO7S.C9H17NO7S.C6H12O6.C3H7NO2S.CH4.2Na/c3*11-2-6(13)8(15)7(14)5(12)1-10-4(3-18)9(16)17;7-1-3(9)5(11)6(12)4(10)2-8;4-2(1-7)3(5)6;;;/h2*4-8,10-15,18H,1-3H2,(H,16,17);1,4-8,11-15,18H,2-3H2,(H,16,17);1,3-6,8-12H,2H2;2,7H,1,4H2,(H,5,6);1H4;;/q;;;;;;2*+1/p-1. The number of aliphatic hydroxyl groups is 20. The number of aliphatic imine (C=N–C) groups is 1. The fourth-order valence-corrected chi connectivity index (χ4v) is 5.01. The minimum atomic E-state index is -1.82. The fraction of sp³-hybridized carbons (Fsp3) is 0.838. The Labute approximate surface area is 503 Å². The van der Waals surface area contributed by atoms with Gasteiger partial charge >= 0.3 is 72.5 Å². The average molecular weight is 1220 g/mol. The number of hydrogen-bond donors (Lipinski definition) is 29. The summed E-state index contributed by atoms with van der Waals surface area (Å²) in [4.78, 5) is 54.7. The van der Waals surface area contributed by atoms with Crippen LogP contribution >= 0.6 is 50.5 Å². The summed E-state index contributed by atoms with van der Waals surface area (Å²) in [6, 6.07) is -4.23. The molecule has 33 nitrogen and oxygen atoms in total. The first-order valence-corrected chi connectivity index (χ1v) is 23.1. The molecule has 0 saturated carbocycles. The zero-order valence-corrected chi connectivity index (χ0v) is 47.9. The Morgan fingerprint density at radius 3 is 1.01 bits per heavy atom. The predicted octanol–water partition coefficient (Wildman–Crippen LogP) is -22.3. The van der Waals surface area contributed by atoms with E-state index in [4.69, 9.17) is 72.1 Å². The molecule has 0 rings (SSSR count). The normalized spacial score (nSPS) is 18.8. The third-order valence-corrected chi connectivity index (χ3v) is 10.3. The number of nitrogens with zero attached hydrogens (tertiary/aromatic N) is 1. The zero-order valence-electron chi connectivity index (χ0n) is 41.3. The van der Waals surface area contributed by atoms with Gasteiger partial charge in [0.2, 0.25) is 0 Å². The molecule has 0 saturated heterocycles. The van der Waals surface area contributed by atoms with Gasteiger partial charge in [0, 0.05) is 42.3 Å². The molecule has 0 aromatic rings. The van der Waals surface area contributed by atoms with Crippen molar-refractivity contribution in [3.05, 3.63) is 0 Å². The predicted molar refractivity (Wildman–Crippen MR) is 263 cm³/mol. The molecule has 39 heteroatoms. The third kappa shape index (κ3) is 41.7. The van der Waals surface area contributed by atoms with Gasteiger partial charge in [-0.1, -0.05) is 7.43 Å². The smallest absolute Gasteiger partial charge is 0.548 e.